The Kier molecular flexibility index (Phi) is 4.90. The highest BCUT2D eigenvalue weighted by atomic mass is 16.5. The lowest BCUT2D eigenvalue weighted by atomic mass is 10.0. The van der Waals surface area contributed by atoms with E-state index in [1.807, 2.05) is 6.07 Å². The number of fused-ring (bicyclic) bond motifs is 1. The van der Waals surface area contributed by atoms with Crippen molar-refractivity contribution in [2.45, 2.75) is 38.5 Å². The predicted molar refractivity (Wildman–Crippen MR) is 96.2 cm³/mol. The van der Waals surface area contributed by atoms with Gasteiger partial charge in [0.1, 0.15) is 0 Å². The van der Waals surface area contributed by atoms with Crippen molar-refractivity contribution >= 4 is 5.95 Å². The standard InChI is InChI=1S/C19H25N5O/c1-14-4-2-5-16(23-14)13-24-10-11-25-18-15(6-7-17(18)24)12-22-19-20-8-3-9-21-19/h2-5,8-9,15,17-18H,6-7,10-13H2,1H3,(H,20,21,22)/t15?,17-,18-/m1/s1. The normalized spacial score (nSPS) is 26.4. The molecule has 132 valence electrons. The Labute approximate surface area is 148 Å². The minimum Gasteiger partial charge on any atom is -0.375 e. The zero-order valence-electron chi connectivity index (χ0n) is 14.6. The fourth-order valence-electron chi connectivity index (χ4n) is 4.06. The van der Waals surface area contributed by atoms with Crippen molar-refractivity contribution in [3.8, 4) is 0 Å². The van der Waals surface area contributed by atoms with E-state index < -0.39 is 0 Å². The molecule has 2 fully saturated rings. The molecule has 4 rings (SSSR count). The number of anilines is 1. The highest BCUT2D eigenvalue weighted by Gasteiger charge is 2.42. The van der Waals surface area contributed by atoms with Crippen LogP contribution in [0.3, 0.4) is 0 Å². The third-order valence-electron chi connectivity index (χ3n) is 5.23. The Balaban J connectivity index is 1.38. The number of aryl methyl sites for hydroxylation is 1. The van der Waals surface area contributed by atoms with Crippen LogP contribution in [0.4, 0.5) is 5.95 Å². The maximum Gasteiger partial charge on any atom is 0.222 e. The third-order valence-corrected chi connectivity index (χ3v) is 5.23. The quantitative estimate of drug-likeness (QED) is 0.902. The van der Waals surface area contributed by atoms with Gasteiger partial charge in [-0.2, -0.15) is 0 Å². The molecule has 1 aliphatic heterocycles. The molecule has 25 heavy (non-hydrogen) atoms. The van der Waals surface area contributed by atoms with Gasteiger partial charge in [0.2, 0.25) is 5.95 Å². The molecule has 1 saturated heterocycles. The van der Waals surface area contributed by atoms with Crippen molar-refractivity contribution in [2.24, 2.45) is 5.92 Å². The van der Waals surface area contributed by atoms with Crippen molar-refractivity contribution in [1.29, 1.82) is 0 Å². The van der Waals surface area contributed by atoms with Crippen molar-refractivity contribution in [3.63, 3.8) is 0 Å². The SMILES string of the molecule is Cc1cccc(CN2CCO[C@@H]3C(CNc4ncccn4)CC[C@H]32)n1. The van der Waals surface area contributed by atoms with E-state index in [0.717, 1.165) is 37.6 Å². The molecule has 3 heterocycles. The van der Waals surface area contributed by atoms with Crippen LogP contribution in [-0.2, 0) is 11.3 Å². The van der Waals surface area contributed by atoms with Crippen molar-refractivity contribution < 1.29 is 4.74 Å². The van der Waals surface area contributed by atoms with Crippen LogP contribution in [-0.4, -0.2) is 51.7 Å². The van der Waals surface area contributed by atoms with E-state index in [2.05, 4.69) is 50.3 Å². The van der Waals surface area contributed by atoms with Crippen LogP contribution in [0.5, 0.6) is 0 Å². The zero-order chi connectivity index (χ0) is 17.1. The van der Waals surface area contributed by atoms with Gasteiger partial charge in [-0.25, -0.2) is 9.97 Å². The number of nitrogens with one attached hydrogen (secondary N) is 1. The summed E-state index contributed by atoms with van der Waals surface area (Å²) in [7, 11) is 0. The summed E-state index contributed by atoms with van der Waals surface area (Å²) in [4.78, 5) is 15.7. The van der Waals surface area contributed by atoms with Crippen molar-refractivity contribution in [1.82, 2.24) is 19.9 Å². The molecule has 0 aromatic carbocycles. The Morgan fingerprint density at radius 2 is 2.08 bits per heavy atom. The van der Waals surface area contributed by atoms with Crippen molar-refractivity contribution in [2.75, 3.05) is 25.0 Å². The van der Waals surface area contributed by atoms with Gasteiger partial charge in [-0.1, -0.05) is 6.07 Å². The third kappa shape index (κ3) is 3.80. The largest absolute Gasteiger partial charge is 0.375 e. The molecule has 0 bridgehead atoms. The molecule has 1 saturated carbocycles. The first kappa shape index (κ1) is 16.4. The monoisotopic (exact) mass is 339 g/mol. The number of ether oxygens (including phenoxy) is 1. The van der Waals surface area contributed by atoms with Gasteiger partial charge in [0, 0.05) is 49.7 Å². The molecule has 0 spiro atoms. The lowest BCUT2D eigenvalue weighted by Crippen LogP contribution is -2.50. The Morgan fingerprint density at radius 1 is 1.20 bits per heavy atom. The summed E-state index contributed by atoms with van der Waals surface area (Å²) in [6, 6.07) is 8.58. The number of morpholine rings is 1. The highest BCUT2D eigenvalue weighted by Crippen LogP contribution is 2.35. The van der Waals surface area contributed by atoms with Gasteiger partial charge in [-0.15, -0.1) is 0 Å². The number of rotatable bonds is 5. The summed E-state index contributed by atoms with van der Waals surface area (Å²) in [5, 5.41) is 3.36. The minimum atomic E-state index is 0.287. The molecule has 0 amide bonds. The van der Waals surface area contributed by atoms with Gasteiger partial charge in [0.25, 0.3) is 0 Å². The fourth-order valence-corrected chi connectivity index (χ4v) is 4.06. The molecule has 6 nitrogen and oxygen atoms in total. The number of hydrogen-bond donors (Lipinski definition) is 1. The van der Waals surface area contributed by atoms with E-state index in [1.54, 1.807) is 12.4 Å². The summed E-state index contributed by atoms with van der Waals surface area (Å²) in [6.45, 7) is 5.61. The minimum absolute atomic E-state index is 0.287. The molecule has 2 aromatic rings. The lowest BCUT2D eigenvalue weighted by molar-refractivity contribution is -0.0748. The first-order chi connectivity index (χ1) is 12.3. The molecule has 6 heteroatoms. The second-order valence-corrected chi connectivity index (χ2v) is 6.93. The van der Waals surface area contributed by atoms with E-state index in [0.29, 0.717) is 17.9 Å². The predicted octanol–water partition coefficient (Wildman–Crippen LogP) is 2.27. The van der Waals surface area contributed by atoms with Gasteiger partial charge in [-0.3, -0.25) is 9.88 Å². The molecule has 1 unspecified atom stereocenters. The number of hydrogen-bond acceptors (Lipinski definition) is 6. The van der Waals surface area contributed by atoms with Crippen LogP contribution in [0.25, 0.3) is 0 Å². The maximum atomic E-state index is 6.15. The van der Waals surface area contributed by atoms with E-state index >= 15 is 0 Å². The average molecular weight is 339 g/mol. The average Bonchev–Trinajstić information content (AvgIpc) is 3.05. The van der Waals surface area contributed by atoms with E-state index in [1.165, 1.54) is 12.8 Å². The molecule has 0 radical (unpaired) electrons. The second kappa shape index (κ2) is 7.45. The van der Waals surface area contributed by atoms with Gasteiger partial charge in [0.05, 0.1) is 18.4 Å². The molecule has 1 N–H and O–H groups in total. The molecule has 1 aliphatic carbocycles. The summed E-state index contributed by atoms with van der Waals surface area (Å²) < 4.78 is 6.15. The molecule has 3 atom stereocenters. The fraction of sp³-hybridized carbons (Fsp3) is 0.526. The second-order valence-electron chi connectivity index (χ2n) is 6.93. The van der Waals surface area contributed by atoms with Crippen LogP contribution in [0.15, 0.2) is 36.7 Å². The van der Waals surface area contributed by atoms with E-state index in [4.69, 9.17) is 4.74 Å². The highest BCUT2D eigenvalue weighted by molar-refractivity contribution is 5.22. The summed E-state index contributed by atoms with van der Waals surface area (Å²) in [5.41, 5.74) is 2.23. The Hall–Kier alpha value is -2.05. The first-order valence-electron chi connectivity index (χ1n) is 9.09. The Morgan fingerprint density at radius 3 is 2.92 bits per heavy atom. The summed E-state index contributed by atoms with van der Waals surface area (Å²) in [6.07, 6.45) is 6.17. The number of nitrogens with zero attached hydrogens (tertiary/aromatic N) is 4. The van der Waals surface area contributed by atoms with Crippen molar-refractivity contribution in [3.05, 3.63) is 48.0 Å². The van der Waals surface area contributed by atoms with Crippen LogP contribution in [0.2, 0.25) is 0 Å². The van der Waals surface area contributed by atoms with Crippen LogP contribution < -0.4 is 5.32 Å². The topological polar surface area (TPSA) is 63.2 Å². The smallest absolute Gasteiger partial charge is 0.222 e. The molecular weight excluding hydrogens is 314 g/mol. The number of aromatic nitrogens is 3. The molecular formula is C19H25N5O. The van der Waals surface area contributed by atoms with E-state index in [-0.39, 0.29) is 6.10 Å². The Bertz CT molecular complexity index is 695. The summed E-state index contributed by atoms with van der Waals surface area (Å²) in [5.74, 6) is 1.20. The zero-order valence-corrected chi connectivity index (χ0v) is 14.6. The van der Waals surface area contributed by atoms with Crippen LogP contribution in [0.1, 0.15) is 24.2 Å². The maximum absolute atomic E-state index is 6.15. The van der Waals surface area contributed by atoms with E-state index in [9.17, 15) is 0 Å². The van der Waals surface area contributed by atoms with Gasteiger partial charge in [-0.05, 0) is 38.0 Å². The molecule has 2 aliphatic rings. The first-order valence-corrected chi connectivity index (χ1v) is 9.09. The number of pyridine rings is 1. The summed E-state index contributed by atoms with van der Waals surface area (Å²) >= 11 is 0. The molecule has 2 aromatic heterocycles. The van der Waals surface area contributed by atoms with Gasteiger partial charge < -0.3 is 10.1 Å². The van der Waals surface area contributed by atoms with Crippen LogP contribution >= 0.6 is 0 Å². The van der Waals surface area contributed by atoms with Gasteiger partial charge >= 0.3 is 0 Å². The van der Waals surface area contributed by atoms with Gasteiger partial charge in [0.15, 0.2) is 0 Å². The van der Waals surface area contributed by atoms with Crippen LogP contribution in [0, 0.1) is 12.8 Å². The lowest BCUT2D eigenvalue weighted by Gasteiger charge is -2.39.